The van der Waals surface area contributed by atoms with Crippen LogP contribution >= 0.6 is 0 Å². The van der Waals surface area contributed by atoms with Gasteiger partial charge in [0, 0.05) is 6.04 Å². The molecule has 2 aromatic carbocycles. The molecule has 0 radical (unpaired) electrons. The quantitative estimate of drug-likeness (QED) is 0.809. The fourth-order valence-electron chi connectivity index (χ4n) is 2.54. The van der Waals surface area contributed by atoms with Crippen LogP contribution in [-0.2, 0) is 12.8 Å². The number of ether oxygens (including phenoxy) is 2. The number of rotatable bonds is 8. The van der Waals surface area contributed by atoms with Crippen molar-refractivity contribution >= 4 is 0 Å². The Kier molecular flexibility index (Phi) is 6.28. The van der Waals surface area contributed by atoms with Gasteiger partial charge in [0.05, 0.1) is 14.2 Å². The van der Waals surface area contributed by atoms with E-state index in [1.165, 1.54) is 11.1 Å². The van der Waals surface area contributed by atoms with Gasteiger partial charge in [-0.1, -0.05) is 36.4 Å². The van der Waals surface area contributed by atoms with E-state index in [4.69, 9.17) is 9.47 Å². The van der Waals surface area contributed by atoms with Crippen molar-refractivity contribution in [1.82, 2.24) is 5.32 Å². The van der Waals surface area contributed by atoms with Crippen molar-refractivity contribution in [3.05, 3.63) is 59.7 Å². The Balaban J connectivity index is 1.81. The smallest absolute Gasteiger partial charge is 0.160 e. The van der Waals surface area contributed by atoms with Gasteiger partial charge in [-0.3, -0.25) is 0 Å². The largest absolute Gasteiger partial charge is 0.493 e. The van der Waals surface area contributed by atoms with Crippen LogP contribution in [0.1, 0.15) is 18.1 Å². The monoisotopic (exact) mass is 299 g/mol. The van der Waals surface area contributed by atoms with E-state index in [9.17, 15) is 0 Å². The summed E-state index contributed by atoms with van der Waals surface area (Å²) in [6.45, 7) is 3.17. The fourth-order valence-corrected chi connectivity index (χ4v) is 2.54. The van der Waals surface area contributed by atoms with E-state index in [1.807, 2.05) is 12.1 Å². The highest BCUT2D eigenvalue weighted by atomic mass is 16.5. The Bertz CT molecular complexity index is 569. The number of methoxy groups -OCH3 is 2. The van der Waals surface area contributed by atoms with Gasteiger partial charge in [-0.05, 0) is 49.6 Å². The van der Waals surface area contributed by atoms with Crippen molar-refractivity contribution in [2.75, 3.05) is 20.8 Å². The van der Waals surface area contributed by atoms with Crippen LogP contribution < -0.4 is 14.8 Å². The molecule has 2 rings (SSSR count). The topological polar surface area (TPSA) is 30.5 Å². The van der Waals surface area contributed by atoms with E-state index < -0.39 is 0 Å². The number of nitrogens with one attached hydrogen (secondary N) is 1. The molecule has 1 atom stereocenters. The molecule has 0 aliphatic rings. The average molecular weight is 299 g/mol. The second-order valence-electron chi connectivity index (χ2n) is 5.48. The van der Waals surface area contributed by atoms with Crippen LogP contribution in [0.3, 0.4) is 0 Å². The average Bonchev–Trinajstić information content (AvgIpc) is 2.55. The van der Waals surface area contributed by atoms with Gasteiger partial charge >= 0.3 is 0 Å². The fraction of sp³-hybridized carbons (Fsp3) is 0.368. The lowest BCUT2D eigenvalue weighted by Gasteiger charge is -2.14. The Labute approximate surface area is 133 Å². The molecule has 0 fully saturated rings. The molecule has 0 saturated carbocycles. The second kappa shape index (κ2) is 8.44. The number of benzene rings is 2. The SMILES string of the molecule is COc1ccc(CCNC(C)Cc2ccccc2)cc1OC. The molecule has 0 aromatic heterocycles. The van der Waals surface area contributed by atoms with Gasteiger partial charge < -0.3 is 14.8 Å². The summed E-state index contributed by atoms with van der Waals surface area (Å²) < 4.78 is 10.6. The summed E-state index contributed by atoms with van der Waals surface area (Å²) in [6.07, 6.45) is 2.02. The van der Waals surface area contributed by atoms with Gasteiger partial charge in [-0.25, -0.2) is 0 Å². The maximum absolute atomic E-state index is 5.34. The summed E-state index contributed by atoms with van der Waals surface area (Å²) >= 11 is 0. The van der Waals surface area contributed by atoms with Crippen molar-refractivity contribution in [2.24, 2.45) is 0 Å². The minimum absolute atomic E-state index is 0.461. The Morgan fingerprint density at radius 3 is 2.32 bits per heavy atom. The third-order valence-electron chi connectivity index (χ3n) is 3.74. The summed E-state index contributed by atoms with van der Waals surface area (Å²) in [5, 5.41) is 3.57. The minimum atomic E-state index is 0.461. The Morgan fingerprint density at radius 2 is 1.64 bits per heavy atom. The highest BCUT2D eigenvalue weighted by Gasteiger charge is 2.06. The first-order valence-electron chi connectivity index (χ1n) is 7.71. The molecule has 0 saturated heterocycles. The third kappa shape index (κ3) is 4.78. The van der Waals surface area contributed by atoms with Crippen molar-refractivity contribution in [2.45, 2.75) is 25.8 Å². The van der Waals surface area contributed by atoms with E-state index >= 15 is 0 Å². The number of hydrogen-bond donors (Lipinski definition) is 1. The summed E-state index contributed by atoms with van der Waals surface area (Å²) in [4.78, 5) is 0. The molecular formula is C19H25NO2. The predicted octanol–water partition coefficient (Wildman–Crippen LogP) is 3.47. The van der Waals surface area contributed by atoms with Gasteiger partial charge in [-0.2, -0.15) is 0 Å². The number of hydrogen-bond acceptors (Lipinski definition) is 3. The van der Waals surface area contributed by atoms with Crippen LogP contribution in [0, 0.1) is 0 Å². The predicted molar refractivity (Wildman–Crippen MR) is 90.9 cm³/mol. The molecule has 0 amide bonds. The Morgan fingerprint density at radius 1 is 0.909 bits per heavy atom. The van der Waals surface area contributed by atoms with E-state index in [2.05, 4.69) is 48.6 Å². The van der Waals surface area contributed by atoms with Gasteiger partial charge in [-0.15, -0.1) is 0 Å². The zero-order chi connectivity index (χ0) is 15.8. The van der Waals surface area contributed by atoms with Crippen molar-refractivity contribution < 1.29 is 9.47 Å². The van der Waals surface area contributed by atoms with E-state index in [0.717, 1.165) is 30.9 Å². The molecule has 0 aliphatic carbocycles. The molecule has 3 heteroatoms. The zero-order valence-corrected chi connectivity index (χ0v) is 13.6. The molecule has 3 nitrogen and oxygen atoms in total. The van der Waals surface area contributed by atoms with E-state index in [-0.39, 0.29) is 0 Å². The molecular weight excluding hydrogens is 274 g/mol. The summed E-state index contributed by atoms with van der Waals surface area (Å²) in [6, 6.07) is 17.1. The van der Waals surface area contributed by atoms with Gasteiger partial charge in [0.2, 0.25) is 0 Å². The first-order valence-corrected chi connectivity index (χ1v) is 7.71. The summed E-state index contributed by atoms with van der Waals surface area (Å²) in [7, 11) is 3.33. The standard InChI is InChI=1S/C19H25NO2/c1-15(13-16-7-5-4-6-8-16)20-12-11-17-9-10-18(21-2)19(14-17)22-3/h4-10,14-15,20H,11-13H2,1-3H3. The van der Waals surface area contributed by atoms with Crippen LogP contribution in [0.15, 0.2) is 48.5 Å². The molecule has 0 bridgehead atoms. The summed E-state index contributed by atoms with van der Waals surface area (Å²) in [5.41, 5.74) is 2.62. The van der Waals surface area contributed by atoms with Crippen molar-refractivity contribution in [1.29, 1.82) is 0 Å². The molecule has 0 heterocycles. The van der Waals surface area contributed by atoms with Crippen LogP contribution in [0.2, 0.25) is 0 Å². The van der Waals surface area contributed by atoms with Crippen molar-refractivity contribution in [3.63, 3.8) is 0 Å². The molecule has 2 aromatic rings. The highest BCUT2D eigenvalue weighted by Crippen LogP contribution is 2.27. The van der Waals surface area contributed by atoms with E-state index in [1.54, 1.807) is 14.2 Å². The van der Waals surface area contributed by atoms with Gasteiger partial charge in [0.15, 0.2) is 11.5 Å². The second-order valence-corrected chi connectivity index (χ2v) is 5.48. The van der Waals surface area contributed by atoms with Crippen molar-refractivity contribution in [3.8, 4) is 11.5 Å². The lowest BCUT2D eigenvalue weighted by atomic mass is 10.1. The van der Waals surface area contributed by atoms with E-state index in [0.29, 0.717) is 6.04 Å². The summed E-state index contributed by atoms with van der Waals surface area (Å²) in [5.74, 6) is 1.56. The molecule has 1 N–H and O–H groups in total. The van der Waals surface area contributed by atoms with Crippen LogP contribution in [0.25, 0.3) is 0 Å². The molecule has 0 aliphatic heterocycles. The van der Waals surface area contributed by atoms with Crippen LogP contribution in [-0.4, -0.2) is 26.8 Å². The normalized spacial score (nSPS) is 12.0. The molecule has 0 spiro atoms. The first-order chi connectivity index (χ1) is 10.7. The molecule has 22 heavy (non-hydrogen) atoms. The third-order valence-corrected chi connectivity index (χ3v) is 3.74. The Hall–Kier alpha value is -2.00. The highest BCUT2D eigenvalue weighted by molar-refractivity contribution is 5.42. The zero-order valence-electron chi connectivity index (χ0n) is 13.6. The maximum Gasteiger partial charge on any atom is 0.160 e. The molecule has 118 valence electrons. The first kappa shape index (κ1) is 16.4. The van der Waals surface area contributed by atoms with Gasteiger partial charge in [0.25, 0.3) is 0 Å². The lowest BCUT2D eigenvalue weighted by molar-refractivity contribution is 0.354. The molecule has 1 unspecified atom stereocenters. The maximum atomic E-state index is 5.34. The van der Waals surface area contributed by atoms with Gasteiger partial charge in [0.1, 0.15) is 0 Å². The van der Waals surface area contributed by atoms with Crippen LogP contribution in [0.5, 0.6) is 11.5 Å². The lowest BCUT2D eigenvalue weighted by Crippen LogP contribution is -2.29. The van der Waals surface area contributed by atoms with Crippen LogP contribution in [0.4, 0.5) is 0 Å². The minimum Gasteiger partial charge on any atom is -0.493 e.